The molecule has 0 aliphatic carbocycles. The summed E-state index contributed by atoms with van der Waals surface area (Å²) in [7, 11) is 1.68. The molecule has 0 aliphatic heterocycles. The van der Waals surface area contributed by atoms with Crippen molar-refractivity contribution in [3.63, 3.8) is 0 Å². The Morgan fingerprint density at radius 3 is 2.90 bits per heavy atom. The summed E-state index contributed by atoms with van der Waals surface area (Å²) in [5, 5.41) is 7.81. The highest BCUT2D eigenvalue weighted by Crippen LogP contribution is 2.29. The van der Waals surface area contributed by atoms with Crippen molar-refractivity contribution in [3.05, 3.63) is 52.9 Å². The standard InChI is InChI=1S/C16H16N2OS/c1-11(15-4-3-9-20-15)18-16-14-10-13(19-2)6-5-12(14)7-8-17-16/h3-11H,1-2H3,(H,17,18). The van der Waals surface area contributed by atoms with E-state index in [4.69, 9.17) is 4.74 Å². The molecule has 0 fully saturated rings. The molecule has 3 nitrogen and oxygen atoms in total. The molecule has 0 amide bonds. The van der Waals surface area contributed by atoms with Gasteiger partial charge in [0.2, 0.25) is 0 Å². The van der Waals surface area contributed by atoms with Gasteiger partial charge in [-0.05, 0) is 42.0 Å². The summed E-state index contributed by atoms with van der Waals surface area (Å²) in [5.74, 6) is 1.74. The lowest BCUT2D eigenvalue weighted by molar-refractivity contribution is 0.415. The Morgan fingerprint density at radius 2 is 2.15 bits per heavy atom. The Balaban J connectivity index is 1.98. The number of hydrogen-bond acceptors (Lipinski definition) is 4. The number of aromatic nitrogens is 1. The summed E-state index contributed by atoms with van der Waals surface area (Å²) >= 11 is 1.75. The monoisotopic (exact) mass is 284 g/mol. The normalized spacial score (nSPS) is 12.3. The number of anilines is 1. The highest BCUT2D eigenvalue weighted by atomic mass is 32.1. The van der Waals surface area contributed by atoms with Gasteiger partial charge in [-0.15, -0.1) is 11.3 Å². The lowest BCUT2D eigenvalue weighted by Crippen LogP contribution is -2.06. The number of nitrogens with one attached hydrogen (secondary N) is 1. The maximum absolute atomic E-state index is 5.30. The van der Waals surface area contributed by atoms with E-state index in [1.54, 1.807) is 18.4 Å². The quantitative estimate of drug-likeness (QED) is 0.767. The number of benzene rings is 1. The van der Waals surface area contributed by atoms with Crippen LogP contribution in [0, 0.1) is 0 Å². The highest BCUT2D eigenvalue weighted by Gasteiger charge is 2.10. The first-order valence-corrected chi connectivity index (χ1v) is 7.38. The van der Waals surface area contributed by atoms with Crippen molar-refractivity contribution in [2.45, 2.75) is 13.0 Å². The van der Waals surface area contributed by atoms with Crippen molar-refractivity contribution in [2.75, 3.05) is 12.4 Å². The van der Waals surface area contributed by atoms with E-state index in [1.165, 1.54) is 4.88 Å². The molecular weight excluding hydrogens is 268 g/mol. The second kappa shape index (κ2) is 5.51. The van der Waals surface area contributed by atoms with Gasteiger partial charge in [-0.3, -0.25) is 0 Å². The van der Waals surface area contributed by atoms with Crippen LogP contribution in [0.4, 0.5) is 5.82 Å². The number of nitrogens with zero attached hydrogens (tertiary/aromatic N) is 1. The van der Waals surface area contributed by atoms with Gasteiger partial charge in [0.15, 0.2) is 0 Å². The fourth-order valence-corrected chi connectivity index (χ4v) is 2.94. The topological polar surface area (TPSA) is 34.1 Å². The first-order chi connectivity index (χ1) is 9.78. The summed E-state index contributed by atoms with van der Waals surface area (Å²) < 4.78 is 5.30. The summed E-state index contributed by atoms with van der Waals surface area (Å²) in [6.07, 6.45) is 1.83. The molecule has 3 rings (SSSR count). The fourth-order valence-electron chi connectivity index (χ4n) is 2.20. The number of hydrogen-bond donors (Lipinski definition) is 1. The van der Waals surface area contributed by atoms with Crippen molar-refractivity contribution in [1.82, 2.24) is 4.98 Å². The number of thiophene rings is 1. The number of methoxy groups -OCH3 is 1. The Morgan fingerprint density at radius 1 is 1.25 bits per heavy atom. The van der Waals surface area contributed by atoms with E-state index in [2.05, 4.69) is 40.8 Å². The minimum atomic E-state index is 0.235. The van der Waals surface area contributed by atoms with Gasteiger partial charge in [-0.25, -0.2) is 4.98 Å². The summed E-state index contributed by atoms with van der Waals surface area (Å²) in [6.45, 7) is 2.15. The van der Waals surface area contributed by atoms with Crippen LogP contribution in [0.15, 0.2) is 48.0 Å². The van der Waals surface area contributed by atoms with Crippen LogP contribution >= 0.6 is 11.3 Å². The van der Waals surface area contributed by atoms with Crippen molar-refractivity contribution in [3.8, 4) is 5.75 Å². The lowest BCUT2D eigenvalue weighted by atomic mass is 10.1. The molecule has 1 unspecified atom stereocenters. The van der Waals surface area contributed by atoms with Gasteiger partial charge in [0.1, 0.15) is 11.6 Å². The molecule has 1 atom stereocenters. The molecule has 0 saturated carbocycles. The minimum Gasteiger partial charge on any atom is -0.497 e. The van der Waals surface area contributed by atoms with Crippen LogP contribution in [-0.2, 0) is 0 Å². The molecule has 2 aromatic heterocycles. The molecule has 102 valence electrons. The Kier molecular flexibility index (Phi) is 3.56. The number of ether oxygens (including phenoxy) is 1. The summed E-state index contributed by atoms with van der Waals surface area (Å²) in [6, 6.07) is 12.5. The molecule has 4 heteroatoms. The number of rotatable bonds is 4. The average Bonchev–Trinajstić information content (AvgIpc) is 3.01. The largest absolute Gasteiger partial charge is 0.497 e. The van der Waals surface area contributed by atoms with Gasteiger partial charge in [0.25, 0.3) is 0 Å². The van der Waals surface area contributed by atoms with Gasteiger partial charge in [0.05, 0.1) is 13.2 Å². The molecule has 3 aromatic rings. The average molecular weight is 284 g/mol. The van der Waals surface area contributed by atoms with Gasteiger partial charge in [-0.1, -0.05) is 12.1 Å². The zero-order chi connectivity index (χ0) is 13.9. The van der Waals surface area contributed by atoms with Crippen LogP contribution in [0.2, 0.25) is 0 Å². The van der Waals surface area contributed by atoms with Crippen LogP contribution < -0.4 is 10.1 Å². The Labute approximate surface area is 122 Å². The van der Waals surface area contributed by atoms with Crippen LogP contribution in [-0.4, -0.2) is 12.1 Å². The van der Waals surface area contributed by atoms with Crippen LogP contribution in [0.25, 0.3) is 10.8 Å². The molecule has 1 aromatic carbocycles. The molecule has 1 N–H and O–H groups in total. The minimum absolute atomic E-state index is 0.235. The van der Waals surface area contributed by atoms with Crippen LogP contribution in [0.1, 0.15) is 17.8 Å². The predicted molar refractivity (Wildman–Crippen MR) is 84.7 cm³/mol. The van der Waals surface area contributed by atoms with Crippen molar-refractivity contribution in [1.29, 1.82) is 0 Å². The fraction of sp³-hybridized carbons (Fsp3) is 0.188. The molecule has 0 bridgehead atoms. The smallest absolute Gasteiger partial charge is 0.134 e. The summed E-state index contributed by atoms with van der Waals surface area (Å²) in [5.41, 5.74) is 0. The molecule has 0 spiro atoms. The van der Waals surface area contributed by atoms with E-state index in [-0.39, 0.29) is 6.04 Å². The maximum atomic E-state index is 5.30. The lowest BCUT2D eigenvalue weighted by Gasteiger charge is -2.15. The first kappa shape index (κ1) is 12.9. The number of pyridine rings is 1. The molecule has 0 radical (unpaired) electrons. The maximum Gasteiger partial charge on any atom is 0.134 e. The molecule has 0 saturated heterocycles. The number of fused-ring (bicyclic) bond motifs is 1. The van der Waals surface area contributed by atoms with Crippen molar-refractivity contribution >= 4 is 27.9 Å². The third kappa shape index (κ3) is 2.47. The van der Waals surface area contributed by atoms with Crippen molar-refractivity contribution < 1.29 is 4.74 Å². The molecule has 2 heterocycles. The second-order valence-electron chi connectivity index (χ2n) is 4.63. The van der Waals surface area contributed by atoms with Gasteiger partial charge in [0, 0.05) is 16.5 Å². The first-order valence-electron chi connectivity index (χ1n) is 6.50. The molecule has 0 aliphatic rings. The van der Waals surface area contributed by atoms with E-state index >= 15 is 0 Å². The van der Waals surface area contributed by atoms with Crippen LogP contribution in [0.3, 0.4) is 0 Å². The van der Waals surface area contributed by atoms with Gasteiger partial charge in [-0.2, -0.15) is 0 Å². The zero-order valence-corrected chi connectivity index (χ0v) is 12.3. The summed E-state index contributed by atoms with van der Waals surface area (Å²) in [4.78, 5) is 5.77. The van der Waals surface area contributed by atoms with E-state index in [0.29, 0.717) is 0 Å². The van der Waals surface area contributed by atoms with Crippen molar-refractivity contribution in [2.24, 2.45) is 0 Å². The molecular formula is C16H16N2OS. The third-order valence-electron chi connectivity index (χ3n) is 3.30. The zero-order valence-electron chi connectivity index (χ0n) is 11.5. The Hall–Kier alpha value is -2.07. The van der Waals surface area contributed by atoms with E-state index in [0.717, 1.165) is 22.3 Å². The van der Waals surface area contributed by atoms with Gasteiger partial charge < -0.3 is 10.1 Å². The van der Waals surface area contributed by atoms with E-state index in [9.17, 15) is 0 Å². The third-order valence-corrected chi connectivity index (χ3v) is 4.35. The predicted octanol–water partition coefficient (Wildman–Crippen LogP) is 4.48. The highest BCUT2D eigenvalue weighted by molar-refractivity contribution is 7.10. The van der Waals surface area contributed by atoms with E-state index < -0.39 is 0 Å². The van der Waals surface area contributed by atoms with Gasteiger partial charge >= 0.3 is 0 Å². The Bertz CT molecular complexity index is 710. The van der Waals surface area contributed by atoms with Crippen LogP contribution in [0.5, 0.6) is 5.75 Å². The molecule has 20 heavy (non-hydrogen) atoms. The SMILES string of the molecule is COc1ccc2ccnc(NC(C)c3cccs3)c2c1. The second-order valence-corrected chi connectivity index (χ2v) is 5.61. The van der Waals surface area contributed by atoms with E-state index in [1.807, 2.05) is 24.4 Å².